The number of aliphatic imine (C=N–C) groups is 1. The lowest BCUT2D eigenvalue weighted by atomic mass is 9.91. The van der Waals surface area contributed by atoms with Crippen LogP contribution in [0, 0.1) is 0 Å². The van der Waals surface area contributed by atoms with E-state index in [0.717, 1.165) is 38.7 Å². The Morgan fingerprint density at radius 3 is 2.04 bits per heavy atom. The van der Waals surface area contributed by atoms with Gasteiger partial charge in [-0.05, 0) is 18.2 Å². The summed E-state index contributed by atoms with van der Waals surface area (Å²) < 4.78 is 5.11. The second-order valence-corrected chi connectivity index (χ2v) is 6.55. The Kier molecular flexibility index (Phi) is 12.5. The molecule has 0 aromatic heterocycles. The highest BCUT2D eigenvalue weighted by atomic mass is 127. The highest BCUT2D eigenvalue weighted by molar-refractivity contribution is 14.0. The summed E-state index contributed by atoms with van der Waals surface area (Å²) in [6, 6.07) is 21.2. The van der Waals surface area contributed by atoms with Crippen molar-refractivity contribution in [3.05, 3.63) is 71.8 Å². The summed E-state index contributed by atoms with van der Waals surface area (Å²) in [5.41, 5.74) is 2.59. The van der Waals surface area contributed by atoms with E-state index in [1.165, 1.54) is 11.1 Å². The quantitative estimate of drug-likeness (QED) is 0.302. The third kappa shape index (κ3) is 8.58. The zero-order chi connectivity index (χ0) is 19.3. The van der Waals surface area contributed by atoms with Gasteiger partial charge in [0.2, 0.25) is 0 Å². The van der Waals surface area contributed by atoms with Gasteiger partial charge >= 0.3 is 0 Å². The van der Waals surface area contributed by atoms with Crippen LogP contribution >= 0.6 is 24.0 Å². The molecule has 2 aromatic rings. The minimum Gasteiger partial charge on any atom is -0.383 e. The Hall–Kier alpha value is -1.64. The van der Waals surface area contributed by atoms with Crippen LogP contribution in [-0.4, -0.2) is 64.9 Å². The van der Waals surface area contributed by atoms with E-state index in [9.17, 15) is 0 Å². The van der Waals surface area contributed by atoms with Crippen LogP contribution < -0.4 is 10.6 Å². The van der Waals surface area contributed by atoms with E-state index in [2.05, 4.69) is 88.2 Å². The number of halogens is 1. The van der Waals surface area contributed by atoms with Gasteiger partial charge in [0.25, 0.3) is 0 Å². The summed E-state index contributed by atoms with van der Waals surface area (Å²) in [7, 11) is 5.63. The number of likely N-dealkylation sites (N-methyl/N-ethyl adjacent to an activating group) is 1. The molecular weight excluding hydrogens is 463 g/mol. The summed E-state index contributed by atoms with van der Waals surface area (Å²) in [5.74, 6) is 1.10. The SMILES string of the molecule is CN=C(NCCN(C)CCOC)NCC(c1ccccc1)c1ccccc1.I. The monoisotopic (exact) mass is 496 g/mol. The fourth-order valence-electron chi connectivity index (χ4n) is 2.94. The summed E-state index contributed by atoms with van der Waals surface area (Å²) in [6.07, 6.45) is 0. The largest absolute Gasteiger partial charge is 0.383 e. The average molecular weight is 496 g/mol. The number of methoxy groups -OCH3 is 1. The number of hydrogen-bond donors (Lipinski definition) is 2. The standard InChI is InChI=1S/C22H32N4O.HI/c1-23-22(24-14-15-26(2)16-17-27-3)25-18-21(19-10-6-4-7-11-19)20-12-8-5-9-13-20;/h4-13,21H,14-18H2,1-3H3,(H2,23,24,25);1H. The van der Waals surface area contributed by atoms with Gasteiger partial charge in [-0.1, -0.05) is 60.7 Å². The summed E-state index contributed by atoms with van der Waals surface area (Å²) in [4.78, 5) is 6.59. The Morgan fingerprint density at radius 2 is 1.54 bits per heavy atom. The molecule has 6 heteroatoms. The number of benzene rings is 2. The molecule has 0 saturated heterocycles. The lowest BCUT2D eigenvalue weighted by molar-refractivity contribution is 0.162. The zero-order valence-electron chi connectivity index (χ0n) is 17.1. The van der Waals surface area contributed by atoms with E-state index in [0.29, 0.717) is 0 Å². The van der Waals surface area contributed by atoms with E-state index in [4.69, 9.17) is 4.74 Å². The fourth-order valence-corrected chi connectivity index (χ4v) is 2.94. The maximum absolute atomic E-state index is 5.11. The molecule has 0 aliphatic heterocycles. The van der Waals surface area contributed by atoms with E-state index in [1.807, 2.05) is 7.05 Å². The molecule has 2 aromatic carbocycles. The first-order valence-corrected chi connectivity index (χ1v) is 9.46. The Labute approximate surface area is 186 Å². The smallest absolute Gasteiger partial charge is 0.191 e. The summed E-state index contributed by atoms with van der Waals surface area (Å²) in [5, 5.41) is 6.87. The molecule has 0 aliphatic rings. The van der Waals surface area contributed by atoms with Crippen LogP contribution in [0.5, 0.6) is 0 Å². The van der Waals surface area contributed by atoms with Crippen molar-refractivity contribution < 1.29 is 4.74 Å². The topological polar surface area (TPSA) is 48.9 Å². The molecule has 0 fully saturated rings. The van der Waals surface area contributed by atoms with Gasteiger partial charge in [0.05, 0.1) is 6.61 Å². The summed E-state index contributed by atoms with van der Waals surface area (Å²) in [6.45, 7) is 4.23. The van der Waals surface area contributed by atoms with Crippen molar-refractivity contribution in [1.29, 1.82) is 0 Å². The lowest BCUT2D eigenvalue weighted by Gasteiger charge is -2.21. The van der Waals surface area contributed by atoms with Gasteiger partial charge in [0.1, 0.15) is 0 Å². The molecule has 0 radical (unpaired) electrons. The number of rotatable bonds is 10. The van der Waals surface area contributed by atoms with E-state index >= 15 is 0 Å². The van der Waals surface area contributed by atoms with Gasteiger partial charge in [-0.2, -0.15) is 0 Å². The first-order chi connectivity index (χ1) is 13.2. The molecule has 2 rings (SSSR count). The van der Waals surface area contributed by atoms with Crippen LogP contribution in [0.4, 0.5) is 0 Å². The average Bonchev–Trinajstić information content (AvgIpc) is 2.72. The van der Waals surface area contributed by atoms with Gasteiger partial charge in [-0.3, -0.25) is 4.99 Å². The van der Waals surface area contributed by atoms with Crippen molar-refractivity contribution >= 4 is 29.9 Å². The van der Waals surface area contributed by atoms with Crippen molar-refractivity contribution in [3.63, 3.8) is 0 Å². The highest BCUT2D eigenvalue weighted by Crippen LogP contribution is 2.23. The highest BCUT2D eigenvalue weighted by Gasteiger charge is 2.14. The van der Waals surface area contributed by atoms with E-state index < -0.39 is 0 Å². The number of ether oxygens (including phenoxy) is 1. The van der Waals surface area contributed by atoms with Crippen molar-refractivity contribution in [2.75, 3.05) is 54.0 Å². The number of hydrogen-bond acceptors (Lipinski definition) is 3. The molecule has 28 heavy (non-hydrogen) atoms. The first-order valence-electron chi connectivity index (χ1n) is 9.46. The third-order valence-corrected chi connectivity index (χ3v) is 4.56. The second kappa shape index (κ2) is 14.4. The number of nitrogens with zero attached hydrogens (tertiary/aromatic N) is 2. The molecule has 0 saturated carbocycles. The zero-order valence-corrected chi connectivity index (χ0v) is 19.4. The van der Waals surface area contributed by atoms with Crippen LogP contribution in [0.15, 0.2) is 65.7 Å². The van der Waals surface area contributed by atoms with Gasteiger partial charge in [0.15, 0.2) is 5.96 Å². The molecule has 154 valence electrons. The van der Waals surface area contributed by atoms with Crippen LogP contribution in [0.1, 0.15) is 17.0 Å². The molecule has 0 spiro atoms. The number of nitrogens with one attached hydrogen (secondary N) is 2. The van der Waals surface area contributed by atoms with Crippen LogP contribution in [0.25, 0.3) is 0 Å². The van der Waals surface area contributed by atoms with Crippen LogP contribution in [-0.2, 0) is 4.74 Å². The molecule has 0 amide bonds. The van der Waals surface area contributed by atoms with Crippen molar-refractivity contribution in [1.82, 2.24) is 15.5 Å². The molecule has 0 bridgehead atoms. The minimum atomic E-state index is 0. The molecule has 0 atom stereocenters. The van der Waals surface area contributed by atoms with Gasteiger partial charge in [-0.25, -0.2) is 0 Å². The van der Waals surface area contributed by atoms with Crippen molar-refractivity contribution in [2.24, 2.45) is 4.99 Å². The van der Waals surface area contributed by atoms with Crippen molar-refractivity contribution in [3.8, 4) is 0 Å². The van der Waals surface area contributed by atoms with Gasteiger partial charge in [-0.15, -0.1) is 24.0 Å². The van der Waals surface area contributed by atoms with E-state index in [1.54, 1.807) is 7.11 Å². The third-order valence-electron chi connectivity index (χ3n) is 4.56. The maximum Gasteiger partial charge on any atom is 0.191 e. The first kappa shape index (κ1) is 24.4. The Bertz CT molecular complexity index is 627. The summed E-state index contributed by atoms with van der Waals surface area (Å²) >= 11 is 0. The van der Waals surface area contributed by atoms with Crippen LogP contribution in [0.2, 0.25) is 0 Å². The molecule has 5 nitrogen and oxygen atoms in total. The lowest BCUT2D eigenvalue weighted by Crippen LogP contribution is -2.42. The van der Waals surface area contributed by atoms with Crippen molar-refractivity contribution in [2.45, 2.75) is 5.92 Å². The number of guanidine groups is 1. The predicted octanol–water partition coefficient (Wildman–Crippen LogP) is 3.18. The molecule has 0 unspecified atom stereocenters. The molecule has 0 aliphatic carbocycles. The van der Waals surface area contributed by atoms with Gasteiger partial charge < -0.3 is 20.3 Å². The Morgan fingerprint density at radius 1 is 0.964 bits per heavy atom. The van der Waals surface area contributed by atoms with E-state index in [-0.39, 0.29) is 29.9 Å². The minimum absolute atomic E-state index is 0. The van der Waals surface area contributed by atoms with Gasteiger partial charge in [0, 0.05) is 46.3 Å². The maximum atomic E-state index is 5.11. The predicted molar refractivity (Wildman–Crippen MR) is 129 cm³/mol. The molecule has 0 heterocycles. The van der Waals surface area contributed by atoms with Crippen LogP contribution in [0.3, 0.4) is 0 Å². The second-order valence-electron chi connectivity index (χ2n) is 6.55. The fraction of sp³-hybridized carbons (Fsp3) is 0.409. The molecular formula is C22H33IN4O. The molecule has 2 N–H and O–H groups in total. The Balaban J connectivity index is 0.00000392. The normalized spacial score (nSPS) is 11.4.